The number of rotatable bonds is 11. The number of nitrogens with zero attached hydrogens (tertiary/aromatic N) is 3. The minimum Gasteiger partial charge on any atom is -0.375 e. The van der Waals surface area contributed by atoms with Gasteiger partial charge in [-0.05, 0) is 29.5 Å². The van der Waals surface area contributed by atoms with Gasteiger partial charge in [-0.15, -0.1) is 0 Å². The van der Waals surface area contributed by atoms with E-state index < -0.39 is 24.2 Å². The van der Waals surface area contributed by atoms with Crippen molar-refractivity contribution in [2.75, 3.05) is 26.9 Å². The summed E-state index contributed by atoms with van der Waals surface area (Å²) in [5.74, 6) is 0.0741. The van der Waals surface area contributed by atoms with Crippen LogP contribution in [0.4, 0.5) is 8.78 Å². The summed E-state index contributed by atoms with van der Waals surface area (Å²) < 4.78 is 34.4. The van der Waals surface area contributed by atoms with E-state index in [1.165, 1.54) is 19.2 Å². The SMILES string of the molecule is COCC(=O)N(CCC(N)CF)C(c1nc(-c2cccc(F)c2)cn1Cc1ccccc1)C(C)(C)C. The number of hydrogen-bond donors (Lipinski definition) is 1. The molecule has 0 bridgehead atoms. The Morgan fingerprint density at radius 1 is 1.17 bits per heavy atom. The van der Waals surface area contributed by atoms with Gasteiger partial charge in [-0.3, -0.25) is 4.79 Å². The van der Waals surface area contributed by atoms with Crippen LogP contribution in [0.15, 0.2) is 60.8 Å². The van der Waals surface area contributed by atoms with Crippen LogP contribution in [0.1, 0.15) is 44.6 Å². The Morgan fingerprint density at radius 2 is 1.89 bits per heavy atom. The molecule has 0 aliphatic rings. The van der Waals surface area contributed by atoms with E-state index in [-0.39, 0.29) is 24.9 Å². The molecular weight excluding hydrogens is 462 g/mol. The number of imidazole rings is 1. The maximum absolute atomic E-state index is 14.0. The second kappa shape index (κ2) is 12.2. The molecule has 1 aromatic heterocycles. The standard InChI is InChI=1S/C28H36F2N4O2/c1-28(2,3)26(34(25(35)19-36-4)14-13-23(31)16-29)27-32-24(21-11-8-12-22(30)15-21)18-33(27)17-20-9-6-5-7-10-20/h5-12,15,18,23,26H,13-14,16-17,19,31H2,1-4H3. The fraction of sp³-hybridized carbons (Fsp3) is 0.429. The first-order valence-electron chi connectivity index (χ1n) is 12.1. The molecule has 1 heterocycles. The first kappa shape index (κ1) is 27.5. The van der Waals surface area contributed by atoms with Gasteiger partial charge in [-0.25, -0.2) is 13.8 Å². The molecule has 36 heavy (non-hydrogen) atoms. The maximum Gasteiger partial charge on any atom is 0.249 e. The van der Waals surface area contributed by atoms with Crippen molar-refractivity contribution in [1.82, 2.24) is 14.5 Å². The van der Waals surface area contributed by atoms with E-state index in [1.807, 2.05) is 67.9 Å². The Kier molecular flexibility index (Phi) is 9.34. The molecule has 2 unspecified atom stereocenters. The number of aromatic nitrogens is 2. The van der Waals surface area contributed by atoms with Crippen molar-refractivity contribution >= 4 is 5.91 Å². The van der Waals surface area contributed by atoms with Crippen LogP contribution in [0.3, 0.4) is 0 Å². The third-order valence-corrected chi connectivity index (χ3v) is 6.03. The summed E-state index contributed by atoms with van der Waals surface area (Å²) >= 11 is 0. The summed E-state index contributed by atoms with van der Waals surface area (Å²) in [6, 6.07) is 15.1. The third-order valence-electron chi connectivity index (χ3n) is 6.03. The van der Waals surface area contributed by atoms with E-state index in [9.17, 15) is 13.6 Å². The lowest BCUT2D eigenvalue weighted by Crippen LogP contribution is -2.45. The number of amides is 1. The predicted molar refractivity (Wildman–Crippen MR) is 138 cm³/mol. The van der Waals surface area contributed by atoms with Crippen molar-refractivity contribution in [2.24, 2.45) is 11.1 Å². The third kappa shape index (κ3) is 6.98. The molecule has 0 fully saturated rings. The first-order valence-corrected chi connectivity index (χ1v) is 12.1. The molecule has 0 spiro atoms. The number of ether oxygens (including phenoxy) is 1. The van der Waals surface area contributed by atoms with Crippen LogP contribution < -0.4 is 5.73 Å². The van der Waals surface area contributed by atoms with Crippen LogP contribution in [0.25, 0.3) is 11.3 Å². The van der Waals surface area contributed by atoms with Crippen LogP contribution in [0.2, 0.25) is 0 Å². The number of hydrogen-bond acceptors (Lipinski definition) is 4. The largest absolute Gasteiger partial charge is 0.375 e. The lowest BCUT2D eigenvalue weighted by atomic mass is 9.84. The molecule has 3 rings (SSSR count). The van der Waals surface area contributed by atoms with Crippen LogP contribution in [0, 0.1) is 11.2 Å². The summed E-state index contributed by atoms with van der Waals surface area (Å²) in [6.45, 7) is 6.08. The maximum atomic E-state index is 14.0. The number of methoxy groups -OCH3 is 1. The van der Waals surface area contributed by atoms with Gasteiger partial charge in [0.2, 0.25) is 5.91 Å². The highest BCUT2D eigenvalue weighted by molar-refractivity contribution is 5.78. The Balaban J connectivity index is 2.15. The topological polar surface area (TPSA) is 73.4 Å². The number of carbonyl (C=O) groups excluding carboxylic acids is 1. The smallest absolute Gasteiger partial charge is 0.249 e. The molecule has 6 nitrogen and oxygen atoms in total. The zero-order valence-electron chi connectivity index (χ0n) is 21.5. The van der Waals surface area contributed by atoms with Crippen LogP contribution >= 0.6 is 0 Å². The van der Waals surface area contributed by atoms with E-state index in [0.717, 1.165) is 5.56 Å². The predicted octanol–water partition coefficient (Wildman–Crippen LogP) is 4.99. The molecule has 0 saturated heterocycles. The molecule has 2 atom stereocenters. The van der Waals surface area contributed by atoms with Gasteiger partial charge in [0, 0.05) is 38.0 Å². The van der Waals surface area contributed by atoms with Crippen molar-refractivity contribution in [3.8, 4) is 11.3 Å². The summed E-state index contributed by atoms with van der Waals surface area (Å²) in [7, 11) is 1.47. The van der Waals surface area contributed by atoms with Crippen molar-refractivity contribution in [2.45, 2.75) is 45.8 Å². The van der Waals surface area contributed by atoms with Crippen molar-refractivity contribution in [1.29, 1.82) is 0 Å². The minimum atomic E-state index is -0.671. The molecule has 0 aliphatic carbocycles. The van der Waals surface area contributed by atoms with E-state index >= 15 is 0 Å². The summed E-state index contributed by atoms with van der Waals surface area (Å²) in [4.78, 5) is 19.9. The van der Waals surface area contributed by atoms with Crippen molar-refractivity contribution < 1.29 is 18.3 Å². The average molecular weight is 499 g/mol. The molecule has 8 heteroatoms. The highest BCUT2D eigenvalue weighted by Crippen LogP contribution is 2.39. The van der Waals surface area contributed by atoms with Crippen molar-refractivity contribution in [3.05, 3.63) is 78.0 Å². The number of nitrogens with two attached hydrogens (primary N) is 1. The molecule has 0 aliphatic heterocycles. The van der Waals surface area contributed by atoms with Crippen molar-refractivity contribution in [3.63, 3.8) is 0 Å². The molecule has 0 saturated carbocycles. The Bertz CT molecular complexity index is 1130. The summed E-state index contributed by atoms with van der Waals surface area (Å²) in [6.07, 6.45) is 2.19. The lowest BCUT2D eigenvalue weighted by molar-refractivity contribution is -0.140. The summed E-state index contributed by atoms with van der Waals surface area (Å²) in [5.41, 5.74) is 7.74. The minimum absolute atomic E-state index is 0.117. The lowest BCUT2D eigenvalue weighted by Gasteiger charge is -2.40. The quantitative estimate of drug-likeness (QED) is 0.404. The molecule has 1 amide bonds. The van der Waals surface area contributed by atoms with Gasteiger partial charge in [-0.2, -0.15) is 0 Å². The average Bonchev–Trinajstić information content (AvgIpc) is 3.24. The zero-order chi connectivity index (χ0) is 26.3. The zero-order valence-corrected chi connectivity index (χ0v) is 21.5. The van der Waals surface area contributed by atoms with Gasteiger partial charge in [-0.1, -0.05) is 63.2 Å². The second-order valence-electron chi connectivity index (χ2n) is 10.1. The highest BCUT2D eigenvalue weighted by atomic mass is 19.1. The van der Waals surface area contributed by atoms with Gasteiger partial charge in [0.25, 0.3) is 0 Å². The highest BCUT2D eigenvalue weighted by Gasteiger charge is 2.38. The molecule has 2 N–H and O–H groups in total. The Hall–Kier alpha value is -3.10. The molecular formula is C28H36F2N4O2. The van der Waals surface area contributed by atoms with Crippen LogP contribution in [-0.4, -0.2) is 53.3 Å². The molecule has 0 radical (unpaired) electrons. The first-order chi connectivity index (χ1) is 17.1. The molecule has 3 aromatic rings. The van der Waals surface area contributed by atoms with Crippen LogP contribution in [0.5, 0.6) is 0 Å². The van der Waals surface area contributed by atoms with Gasteiger partial charge in [0.15, 0.2) is 0 Å². The van der Waals surface area contributed by atoms with E-state index in [4.69, 9.17) is 15.5 Å². The normalized spacial score (nSPS) is 13.4. The van der Waals surface area contributed by atoms with E-state index in [2.05, 4.69) is 0 Å². The number of halogens is 2. The Labute approximate surface area is 212 Å². The monoisotopic (exact) mass is 498 g/mol. The number of alkyl halides is 1. The fourth-order valence-corrected chi connectivity index (χ4v) is 4.32. The molecule has 194 valence electrons. The van der Waals surface area contributed by atoms with Gasteiger partial charge in [0.05, 0.1) is 11.7 Å². The summed E-state index contributed by atoms with van der Waals surface area (Å²) in [5, 5.41) is 0. The van der Waals surface area contributed by atoms with Gasteiger partial charge < -0.3 is 19.9 Å². The number of carbonyl (C=O) groups is 1. The van der Waals surface area contributed by atoms with Crippen LogP contribution in [-0.2, 0) is 16.1 Å². The van der Waals surface area contributed by atoms with Gasteiger partial charge >= 0.3 is 0 Å². The molecule has 2 aromatic carbocycles. The van der Waals surface area contributed by atoms with Gasteiger partial charge in [0.1, 0.15) is 24.9 Å². The van der Waals surface area contributed by atoms with E-state index in [0.29, 0.717) is 30.0 Å². The second-order valence-corrected chi connectivity index (χ2v) is 10.1. The number of benzene rings is 2. The van der Waals surface area contributed by atoms with E-state index in [1.54, 1.807) is 11.0 Å². The Morgan fingerprint density at radius 3 is 2.50 bits per heavy atom. The fourth-order valence-electron chi connectivity index (χ4n) is 4.32.